The number of hydrogen-bond acceptors (Lipinski definition) is 4. The van der Waals surface area contributed by atoms with Crippen molar-refractivity contribution < 1.29 is 4.74 Å². The van der Waals surface area contributed by atoms with Crippen molar-refractivity contribution in [2.75, 3.05) is 12.4 Å². The third-order valence-corrected chi connectivity index (χ3v) is 3.14. The summed E-state index contributed by atoms with van der Waals surface area (Å²) in [5, 5.41) is 3.71. The first-order chi connectivity index (χ1) is 9.76. The van der Waals surface area contributed by atoms with Crippen molar-refractivity contribution in [2.45, 2.75) is 6.61 Å². The van der Waals surface area contributed by atoms with E-state index in [1.54, 1.807) is 6.20 Å². The first-order valence-corrected chi connectivity index (χ1v) is 6.53. The minimum absolute atomic E-state index is 0.417. The average Bonchev–Trinajstić information content (AvgIpc) is 2.94. The van der Waals surface area contributed by atoms with Crippen molar-refractivity contribution in [1.29, 1.82) is 0 Å². The third-order valence-electron chi connectivity index (χ3n) is 2.89. The number of halogens is 1. The molecule has 1 N–H and O–H groups in total. The molecule has 102 valence electrons. The molecule has 0 saturated heterocycles. The molecule has 0 radical (unpaired) electrons. The predicted molar refractivity (Wildman–Crippen MR) is 78.3 cm³/mol. The minimum atomic E-state index is 0.417. The number of benzene rings is 1. The summed E-state index contributed by atoms with van der Waals surface area (Å²) in [5.74, 6) is 1.22. The molecule has 0 aliphatic heterocycles. The van der Waals surface area contributed by atoms with Gasteiger partial charge in [0.05, 0.1) is 6.20 Å². The molecule has 0 bridgehead atoms. The first kappa shape index (κ1) is 12.7. The lowest BCUT2D eigenvalue weighted by Crippen LogP contribution is -2.03. The zero-order valence-corrected chi connectivity index (χ0v) is 11.6. The molecule has 0 unspecified atom stereocenters. The summed E-state index contributed by atoms with van der Waals surface area (Å²) in [5.41, 5.74) is 1.72. The maximum atomic E-state index is 5.86. The monoisotopic (exact) mass is 288 g/mol. The Balaban J connectivity index is 1.86. The van der Waals surface area contributed by atoms with E-state index in [-0.39, 0.29) is 0 Å². The lowest BCUT2D eigenvalue weighted by molar-refractivity contribution is 0.296. The molecule has 0 amide bonds. The van der Waals surface area contributed by atoms with Gasteiger partial charge in [0, 0.05) is 24.5 Å². The van der Waals surface area contributed by atoms with Gasteiger partial charge in [0.2, 0.25) is 5.65 Å². The highest BCUT2D eigenvalue weighted by Crippen LogP contribution is 2.20. The van der Waals surface area contributed by atoms with Crippen LogP contribution in [0.4, 0.5) is 5.82 Å². The SMILES string of the molecule is CNc1cn2ccnc2c(OCc2ccc(Cl)cc2)n1. The maximum absolute atomic E-state index is 5.86. The Hall–Kier alpha value is -2.27. The van der Waals surface area contributed by atoms with Crippen molar-refractivity contribution in [3.05, 3.63) is 53.4 Å². The molecule has 3 aromatic rings. The van der Waals surface area contributed by atoms with Crippen LogP contribution in [0.2, 0.25) is 5.02 Å². The molecule has 1 aromatic carbocycles. The van der Waals surface area contributed by atoms with Crippen molar-refractivity contribution in [3.8, 4) is 5.88 Å². The van der Waals surface area contributed by atoms with Gasteiger partial charge < -0.3 is 10.1 Å². The summed E-state index contributed by atoms with van der Waals surface area (Å²) in [6, 6.07) is 7.52. The Kier molecular flexibility index (Phi) is 3.43. The molecule has 20 heavy (non-hydrogen) atoms. The first-order valence-electron chi connectivity index (χ1n) is 6.15. The number of imidazole rings is 1. The lowest BCUT2D eigenvalue weighted by atomic mass is 10.2. The number of hydrogen-bond donors (Lipinski definition) is 1. The van der Waals surface area contributed by atoms with Crippen molar-refractivity contribution in [3.63, 3.8) is 0 Å². The molecule has 0 aliphatic rings. The number of rotatable bonds is 4. The highest BCUT2D eigenvalue weighted by molar-refractivity contribution is 6.30. The zero-order chi connectivity index (χ0) is 13.9. The van der Waals surface area contributed by atoms with Gasteiger partial charge in [-0.25, -0.2) is 4.98 Å². The fourth-order valence-corrected chi connectivity index (χ4v) is 1.98. The Morgan fingerprint density at radius 1 is 1.30 bits per heavy atom. The molecule has 0 saturated carbocycles. The number of nitrogens with zero attached hydrogens (tertiary/aromatic N) is 3. The second-order valence-electron chi connectivity index (χ2n) is 4.25. The quantitative estimate of drug-likeness (QED) is 0.802. The summed E-state index contributed by atoms with van der Waals surface area (Å²) < 4.78 is 7.64. The lowest BCUT2D eigenvalue weighted by Gasteiger charge is -2.09. The highest BCUT2D eigenvalue weighted by atomic mass is 35.5. The van der Waals surface area contributed by atoms with Crippen LogP contribution in [0.5, 0.6) is 5.88 Å². The van der Waals surface area contributed by atoms with Crippen LogP contribution >= 0.6 is 11.6 Å². The van der Waals surface area contributed by atoms with Crippen LogP contribution in [-0.4, -0.2) is 21.4 Å². The van der Waals surface area contributed by atoms with Gasteiger partial charge in [0.15, 0.2) is 0 Å². The van der Waals surface area contributed by atoms with Gasteiger partial charge in [-0.05, 0) is 17.7 Å². The van der Waals surface area contributed by atoms with Crippen LogP contribution < -0.4 is 10.1 Å². The fraction of sp³-hybridized carbons (Fsp3) is 0.143. The van der Waals surface area contributed by atoms with Crippen molar-refractivity contribution in [2.24, 2.45) is 0 Å². The molecule has 0 fully saturated rings. The molecule has 0 spiro atoms. The Morgan fingerprint density at radius 2 is 2.10 bits per heavy atom. The van der Waals surface area contributed by atoms with Gasteiger partial charge in [0.1, 0.15) is 12.4 Å². The van der Waals surface area contributed by atoms with Gasteiger partial charge in [-0.1, -0.05) is 23.7 Å². The van der Waals surface area contributed by atoms with Crippen LogP contribution in [0, 0.1) is 0 Å². The molecule has 6 heteroatoms. The van der Waals surface area contributed by atoms with Gasteiger partial charge in [0.25, 0.3) is 5.88 Å². The Morgan fingerprint density at radius 3 is 2.85 bits per heavy atom. The van der Waals surface area contributed by atoms with E-state index in [0.29, 0.717) is 23.2 Å². The standard InChI is InChI=1S/C14H13ClN4O/c1-16-12-8-19-7-6-17-13(19)14(18-12)20-9-10-2-4-11(15)5-3-10/h2-8,16H,9H2,1H3. The third kappa shape index (κ3) is 2.53. The van der Waals surface area contributed by atoms with E-state index in [4.69, 9.17) is 16.3 Å². The van der Waals surface area contributed by atoms with Gasteiger partial charge in [-0.2, -0.15) is 4.98 Å². The molecule has 0 atom stereocenters. The maximum Gasteiger partial charge on any atom is 0.260 e. The number of aromatic nitrogens is 3. The largest absolute Gasteiger partial charge is 0.470 e. The van der Waals surface area contributed by atoms with Crippen LogP contribution in [0.1, 0.15) is 5.56 Å². The second-order valence-corrected chi connectivity index (χ2v) is 4.69. The molecule has 2 aromatic heterocycles. The summed E-state index contributed by atoms with van der Waals surface area (Å²) in [6.45, 7) is 0.417. The number of anilines is 1. The van der Waals surface area contributed by atoms with E-state index in [1.165, 1.54) is 0 Å². The van der Waals surface area contributed by atoms with Crippen LogP contribution in [0.3, 0.4) is 0 Å². The Labute approximate surface area is 121 Å². The normalized spacial score (nSPS) is 10.7. The van der Waals surface area contributed by atoms with Gasteiger partial charge in [-0.15, -0.1) is 0 Å². The smallest absolute Gasteiger partial charge is 0.260 e. The predicted octanol–water partition coefficient (Wildman–Crippen LogP) is 3.00. The van der Waals surface area contributed by atoms with E-state index in [1.807, 2.05) is 48.1 Å². The topological polar surface area (TPSA) is 51.5 Å². The second kappa shape index (κ2) is 5.38. The van der Waals surface area contributed by atoms with E-state index < -0.39 is 0 Å². The van der Waals surface area contributed by atoms with Gasteiger partial charge in [-0.3, -0.25) is 4.40 Å². The minimum Gasteiger partial charge on any atom is -0.470 e. The van der Waals surface area contributed by atoms with Crippen molar-refractivity contribution in [1.82, 2.24) is 14.4 Å². The zero-order valence-electron chi connectivity index (χ0n) is 10.9. The molecule has 3 rings (SSSR count). The fourth-order valence-electron chi connectivity index (χ4n) is 1.85. The Bertz CT molecular complexity index is 724. The van der Waals surface area contributed by atoms with Gasteiger partial charge >= 0.3 is 0 Å². The summed E-state index contributed by atoms with van der Waals surface area (Å²) in [6.07, 6.45) is 5.43. The molecule has 2 heterocycles. The highest BCUT2D eigenvalue weighted by Gasteiger charge is 2.08. The van der Waals surface area contributed by atoms with Crippen LogP contribution in [0.25, 0.3) is 5.65 Å². The van der Waals surface area contributed by atoms with Crippen LogP contribution in [0.15, 0.2) is 42.9 Å². The van der Waals surface area contributed by atoms with Crippen molar-refractivity contribution >= 4 is 23.1 Å². The molecular weight excluding hydrogens is 276 g/mol. The van der Waals surface area contributed by atoms with E-state index >= 15 is 0 Å². The summed E-state index contributed by atoms with van der Waals surface area (Å²) in [7, 11) is 1.81. The van der Waals surface area contributed by atoms with Crippen LogP contribution in [-0.2, 0) is 6.61 Å². The summed E-state index contributed by atoms with van der Waals surface area (Å²) >= 11 is 5.86. The summed E-state index contributed by atoms with van der Waals surface area (Å²) in [4.78, 5) is 8.63. The number of ether oxygens (including phenoxy) is 1. The average molecular weight is 289 g/mol. The molecule has 0 aliphatic carbocycles. The van der Waals surface area contributed by atoms with E-state index in [9.17, 15) is 0 Å². The molecular formula is C14H13ClN4O. The van der Waals surface area contributed by atoms with E-state index in [2.05, 4.69) is 15.3 Å². The molecule has 5 nitrogen and oxygen atoms in total. The van der Waals surface area contributed by atoms with E-state index in [0.717, 1.165) is 11.4 Å². The number of nitrogens with one attached hydrogen (secondary N) is 1. The number of fused-ring (bicyclic) bond motifs is 1.